The summed E-state index contributed by atoms with van der Waals surface area (Å²) < 4.78 is 30.7. The first-order valence-corrected chi connectivity index (χ1v) is 4.89. The Bertz CT molecular complexity index is 116. The maximum atomic E-state index is 8.94. The zero-order chi connectivity index (χ0) is 8.08. The van der Waals surface area contributed by atoms with Gasteiger partial charge in [0.25, 0.3) is 0 Å². The summed E-state index contributed by atoms with van der Waals surface area (Å²) in [4.78, 5) is 0. The fourth-order valence-electron chi connectivity index (χ4n) is 0. The number of guanidine groups is 1. The van der Waals surface area contributed by atoms with E-state index in [0.29, 0.717) is 0 Å². The molecule has 0 aromatic carbocycles. The van der Waals surface area contributed by atoms with Crippen molar-refractivity contribution in [2.24, 2.45) is 11.5 Å². The number of hydrogen-bond donors (Lipinski definition) is 6. The van der Waals surface area contributed by atoms with E-state index >= 15 is 0 Å². The minimum absolute atomic E-state index is 0.333. The Kier molecular flexibility index (Phi) is 5.53. The molecule has 0 heterocycles. The second-order valence-corrected chi connectivity index (χ2v) is 3.12. The standard InChI is InChI=1S/CH5N3.AsH3O4/c2-1(3)4;2-1(3,4)5/h(H5,2,3,4);(H3,2,3,4,5). The number of nitrogens with one attached hydrogen (secondary N) is 1. The molecule has 0 aliphatic rings. The van der Waals surface area contributed by atoms with Gasteiger partial charge in [-0.1, -0.05) is 0 Å². The van der Waals surface area contributed by atoms with Crippen LogP contribution in [0.2, 0.25) is 0 Å². The quantitative estimate of drug-likeness (QED) is 0.137. The predicted molar refractivity (Wildman–Crippen MR) is 29.2 cm³/mol. The third-order valence-electron chi connectivity index (χ3n) is 0. The van der Waals surface area contributed by atoms with Gasteiger partial charge in [-0.05, 0) is 0 Å². The van der Waals surface area contributed by atoms with Gasteiger partial charge in [-0.15, -0.1) is 0 Å². The van der Waals surface area contributed by atoms with E-state index in [0.717, 1.165) is 0 Å². The van der Waals surface area contributed by atoms with Crippen LogP contribution in [0.3, 0.4) is 0 Å². The summed E-state index contributed by atoms with van der Waals surface area (Å²) in [6, 6.07) is 0. The molecular formula is CH8AsN3O4. The molecule has 0 aromatic heterocycles. The van der Waals surface area contributed by atoms with Crippen LogP contribution < -0.4 is 11.5 Å². The summed E-state index contributed by atoms with van der Waals surface area (Å²) in [5.74, 6) is -0.333. The molecule has 0 radical (unpaired) electrons. The van der Waals surface area contributed by atoms with E-state index < -0.39 is 14.5 Å². The van der Waals surface area contributed by atoms with E-state index in [1.165, 1.54) is 0 Å². The van der Waals surface area contributed by atoms with Gasteiger partial charge in [-0.25, -0.2) is 0 Å². The number of rotatable bonds is 0. The molecule has 0 aliphatic carbocycles. The Hall–Kier alpha value is -0.492. The van der Waals surface area contributed by atoms with Crippen LogP contribution in [-0.2, 0) is 3.74 Å². The molecule has 0 fully saturated rings. The van der Waals surface area contributed by atoms with Gasteiger partial charge in [0.1, 0.15) is 0 Å². The molecule has 0 saturated carbocycles. The molecule has 0 amide bonds. The van der Waals surface area contributed by atoms with Gasteiger partial charge in [-0.2, -0.15) is 0 Å². The third kappa shape index (κ3) is 943. The third-order valence-corrected chi connectivity index (χ3v) is 0. The molecule has 0 aliphatic heterocycles. The van der Waals surface area contributed by atoms with Crippen LogP contribution in [0.1, 0.15) is 0 Å². The first-order chi connectivity index (χ1) is 3.73. The average Bonchev–Trinajstić information content (AvgIpc) is 1.19. The van der Waals surface area contributed by atoms with Gasteiger partial charge < -0.3 is 11.5 Å². The average molecular weight is 201 g/mol. The number of nitrogens with two attached hydrogens (primary N) is 2. The van der Waals surface area contributed by atoms with Crippen molar-refractivity contribution in [3.63, 3.8) is 0 Å². The van der Waals surface area contributed by atoms with Crippen LogP contribution in [0.25, 0.3) is 0 Å². The molecule has 9 heavy (non-hydrogen) atoms. The number of hydrogen-bond acceptors (Lipinski definition) is 2. The van der Waals surface area contributed by atoms with Gasteiger partial charge in [0.2, 0.25) is 0 Å². The topological polar surface area (TPSA) is 154 Å². The summed E-state index contributed by atoms with van der Waals surface area (Å²) in [7, 11) is 0. The summed E-state index contributed by atoms with van der Waals surface area (Å²) in [6.45, 7) is 0. The summed E-state index contributed by atoms with van der Waals surface area (Å²) in [5.41, 5.74) is 8.94. The van der Waals surface area contributed by atoms with Gasteiger partial charge in [-0.3, -0.25) is 5.41 Å². The predicted octanol–water partition coefficient (Wildman–Crippen LogP) is -3.33. The Morgan fingerprint density at radius 3 is 1.33 bits per heavy atom. The van der Waals surface area contributed by atoms with Crippen molar-refractivity contribution in [3.05, 3.63) is 0 Å². The molecule has 0 rings (SSSR count). The monoisotopic (exact) mass is 201 g/mol. The first kappa shape index (κ1) is 11.3. The molecule has 0 atom stereocenters. The molecule has 0 unspecified atom stereocenters. The normalized spacial score (nSPS) is 9.22. The molecule has 0 aromatic rings. The van der Waals surface area contributed by atoms with E-state index in [9.17, 15) is 0 Å². The van der Waals surface area contributed by atoms with Crippen molar-refractivity contribution in [1.82, 2.24) is 0 Å². The Labute approximate surface area is 54.1 Å². The maximum absolute atomic E-state index is 8.94. The molecular weight excluding hydrogens is 193 g/mol. The molecule has 7 nitrogen and oxygen atoms in total. The summed E-state index contributed by atoms with van der Waals surface area (Å²) >= 11 is -5.12. The van der Waals surface area contributed by atoms with Crippen LogP contribution >= 0.6 is 0 Å². The van der Waals surface area contributed by atoms with E-state index in [1.807, 2.05) is 0 Å². The second kappa shape index (κ2) is 4.39. The summed E-state index contributed by atoms with van der Waals surface area (Å²) in [6.07, 6.45) is 0. The van der Waals surface area contributed by atoms with Crippen molar-refractivity contribution < 1.29 is 16.0 Å². The molecule has 8 N–H and O–H groups in total. The van der Waals surface area contributed by atoms with Crippen LogP contribution in [0.4, 0.5) is 0 Å². The van der Waals surface area contributed by atoms with E-state index in [-0.39, 0.29) is 5.96 Å². The zero-order valence-electron chi connectivity index (χ0n) is 4.35. The van der Waals surface area contributed by atoms with E-state index in [1.54, 1.807) is 0 Å². The molecule has 0 saturated heterocycles. The van der Waals surface area contributed by atoms with Crippen molar-refractivity contribution in [2.45, 2.75) is 0 Å². The Balaban J connectivity index is 0. The van der Waals surface area contributed by atoms with Crippen LogP contribution in [0.15, 0.2) is 0 Å². The van der Waals surface area contributed by atoms with Crippen molar-refractivity contribution in [1.29, 1.82) is 5.41 Å². The Morgan fingerprint density at radius 1 is 1.33 bits per heavy atom. The molecule has 8 heteroatoms. The van der Waals surface area contributed by atoms with Crippen LogP contribution in [0, 0.1) is 5.41 Å². The summed E-state index contributed by atoms with van der Waals surface area (Å²) in [5, 5.41) is 6.06. The van der Waals surface area contributed by atoms with Crippen molar-refractivity contribution >= 4 is 20.5 Å². The van der Waals surface area contributed by atoms with Gasteiger partial charge >= 0.3 is 30.5 Å². The van der Waals surface area contributed by atoms with E-state index in [2.05, 4.69) is 11.5 Å². The van der Waals surface area contributed by atoms with E-state index in [4.69, 9.17) is 21.4 Å². The van der Waals surface area contributed by atoms with Gasteiger partial charge in [0, 0.05) is 0 Å². The fraction of sp³-hybridized carbons (Fsp3) is 0. The minimum atomic E-state index is -5.12. The molecule has 56 valence electrons. The van der Waals surface area contributed by atoms with Crippen LogP contribution in [-0.4, -0.2) is 32.8 Å². The molecule has 0 spiro atoms. The fourth-order valence-corrected chi connectivity index (χ4v) is 0. The Morgan fingerprint density at radius 2 is 1.33 bits per heavy atom. The zero-order valence-corrected chi connectivity index (χ0v) is 6.23. The first-order valence-electron chi connectivity index (χ1n) is 1.61. The van der Waals surface area contributed by atoms with Crippen LogP contribution in [0.5, 0.6) is 0 Å². The van der Waals surface area contributed by atoms with Crippen molar-refractivity contribution in [3.8, 4) is 0 Å². The molecule has 0 bridgehead atoms. The van der Waals surface area contributed by atoms with Gasteiger partial charge in [0.15, 0.2) is 5.96 Å². The second-order valence-electron chi connectivity index (χ2n) is 0.969. The van der Waals surface area contributed by atoms with Gasteiger partial charge in [0.05, 0.1) is 0 Å². The van der Waals surface area contributed by atoms with Crippen molar-refractivity contribution in [2.75, 3.05) is 0 Å². The SMILES string of the molecule is N=C(N)N.O=[As](O)(O)O.